The Labute approximate surface area is 150 Å². The summed E-state index contributed by atoms with van der Waals surface area (Å²) in [6.07, 6.45) is 4.41. The molecule has 1 aliphatic carbocycles. The average Bonchev–Trinajstić information content (AvgIpc) is 3.40. The van der Waals surface area contributed by atoms with Crippen LogP contribution in [0.2, 0.25) is 0 Å². The molecule has 0 radical (unpaired) electrons. The predicted molar refractivity (Wildman–Crippen MR) is 96.9 cm³/mol. The molecule has 1 fully saturated rings. The molecule has 0 bridgehead atoms. The first-order valence-corrected chi connectivity index (χ1v) is 9.06. The monoisotopic (exact) mass is 388 g/mol. The molecule has 1 amide bonds. The van der Waals surface area contributed by atoms with Gasteiger partial charge in [-0.15, -0.1) is 0 Å². The van der Waals surface area contributed by atoms with E-state index >= 15 is 0 Å². The van der Waals surface area contributed by atoms with Crippen molar-refractivity contribution in [2.24, 2.45) is 0 Å². The zero-order chi connectivity index (χ0) is 17.0. The summed E-state index contributed by atoms with van der Waals surface area (Å²) in [5.41, 5.74) is 1.60. The minimum Gasteiger partial charge on any atom is -0.477 e. The molecule has 2 aromatic rings. The molecule has 0 unspecified atom stereocenters. The van der Waals surface area contributed by atoms with Gasteiger partial charge in [0.1, 0.15) is 0 Å². The van der Waals surface area contributed by atoms with Crippen LogP contribution in [-0.2, 0) is 16.8 Å². The van der Waals surface area contributed by atoms with Gasteiger partial charge in [0, 0.05) is 22.8 Å². The fourth-order valence-electron chi connectivity index (χ4n) is 2.79. The molecular formula is C19H21BrN2O2. The first-order chi connectivity index (χ1) is 11.7. The molecule has 0 saturated heterocycles. The first-order valence-electron chi connectivity index (χ1n) is 8.27. The molecule has 1 N–H and O–H groups in total. The largest absolute Gasteiger partial charge is 0.477 e. The van der Waals surface area contributed by atoms with Crippen LogP contribution in [0.3, 0.4) is 0 Å². The van der Waals surface area contributed by atoms with Gasteiger partial charge in [-0.25, -0.2) is 4.98 Å². The summed E-state index contributed by atoms with van der Waals surface area (Å²) in [5.74, 6) is 0.679. The fourth-order valence-corrected chi connectivity index (χ4v) is 3.19. The molecule has 24 heavy (non-hydrogen) atoms. The van der Waals surface area contributed by atoms with Gasteiger partial charge in [-0.2, -0.15) is 0 Å². The molecule has 0 atom stereocenters. The highest BCUT2D eigenvalue weighted by Crippen LogP contribution is 2.48. The van der Waals surface area contributed by atoms with Crippen molar-refractivity contribution in [1.82, 2.24) is 10.3 Å². The van der Waals surface area contributed by atoms with E-state index in [0.29, 0.717) is 19.0 Å². The van der Waals surface area contributed by atoms with Gasteiger partial charge < -0.3 is 10.1 Å². The summed E-state index contributed by atoms with van der Waals surface area (Å²) in [6.45, 7) is 3.11. The van der Waals surface area contributed by atoms with Crippen molar-refractivity contribution in [3.05, 3.63) is 58.2 Å². The number of pyridine rings is 1. The fraction of sp³-hybridized carbons (Fsp3) is 0.368. The van der Waals surface area contributed by atoms with Crippen molar-refractivity contribution in [3.63, 3.8) is 0 Å². The number of carbonyl (C=O) groups excluding carboxylic acids is 1. The van der Waals surface area contributed by atoms with Crippen molar-refractivity contribution < 1.29 is 9.53 Å². The van der Waals surface area contributed by atoms with E-state index in [1.807, 2.05) is 36.4 Å². The molecule has 3 rings (SSSR count). The number of hydrogen-bond acceptors (Lipinski definition) is 3. The van der Waals surface area contributed by atoms with E-state index in [1.165, 1.54) is 0 Å². The Morgan fingerprint density at radius 1 is 1.33 bits per heavy atom. The summed E-state index contributed by atoms with van der Waals surface area (Å²) in [5, 5.41) is 3.06. The second-order valence-corrected chi connectivity index (χ2v) is 7.01. The van der Waals surface area contributed by atoms with Gasteiger partial charge in [0.2, 0.25) is 11.8 Å². The summed E-state index contributed by atoms with van der Waals surface area (Å²) < 4.78 is 6.65. The second kappa shape index (κ2) is 7.34. The molecule has 5 heteroatoms. The Balaban J connectivity index is 1.68. The predicted octanol–water partition coefficient (Wildman–Crippen LogP) is 3.98. The Morgan fingerprint density at radius 2 is 2.17 bits per heavy atom. The number of nitrogens with zero attached hydrogens (tertiary/aromatic N) is 1. The second-order valence-electron chi connectivity index (χ2n) is 6.09. The lowest BCUT2D eigenvalue weighted by molar-refractivity contribution is -0.123. The van der Waals surface area contributed by atoms with E-state index in [-0.39, 0.29) is 11.3 Å². The zero-order valence-electron chi connectivity index (χ0n) is 13.7. The van der Waals surface area contributed by atoms with Crippen molar-refractivity contribution in [2.45, 2.75) is 38.1 Å². The maximum atomic E-state index is 12.8. The molecule has 126 valence electrons. The van der Waals surface area contributed by atoms with Crippen molar-refractivity contribution in [2.75, 3.05) is 6.61 Å². The number of benzene rings is 1. The van der Waals surface area contributed by atoms with Gasteiger partial charge in [-0.1, -0.05) is 41.1 Å². The maximum Gasteiger partial charge on any atom is 0.230 e. The molecule has 1 aliphatic rings. The number of hydrogen-bond donors (Lipinski definition) is 1. The average molecular weight is 389 g/mol. The Morgan fingerprint density at radius 3 is 2.88 bits per heavy atom. The Kier molecular flexibility index (Phi) is 5.19. The number of ether oxygens (including phenoxy) is 1. The standard InChI is InChI=1S/C19H21BrN2O2/c1-2-11-24-17-14(5-4-10-21-17)13-22-18(23)19(8-9-19)15-6-3-7-16(20)12-15/h3-7,10,12H,2,8-9,11,13H2,1H3,(H,22,23). The van der Waals surface area contributed by atoms with Gasteiger partial charge in [-0.05, 0) is 43.0 Å². The number of amides is 1. The van der Waals surface area contributed by atoms with E-state index in [9.17, 15) is 4.79 Å². The third-order valence-corrected chi connectivity index (χ3v) is 4.79. The molecule has 1 saturated carbocycles. The normalized spacial score (nSPS) is 14.9. The van der Waals surface area contributed by atoms with E-state index in [0.717, 1.165) is 34.9 Å². The zero-order valence-corrected chi connectivity index (χ0v) is 15.3. The Bertz CT molecular complexity index is 729. The van der Waals surface area contributed by atoms with Crippen molar-refractivity contribution in [1.29, 1.82) is 0 Å². The summed E-state index contributed by atoms with van der Waals surface area (Å²) >= 11 is 3.48. The number of halogens is 1. The quantitative estimate of drug-likeness (QED) is 0.780. The smallest absolute Gasteiger partial charge is 0.230 e. The summed E-state index contributed by atoms with van der Waals surface area (Å²) in [4.78, 5) is 17.0. The van der Waals surface area contributed by atoms with E-state index in [1.54, 1.807) is 6.20 Å². The van der Waals surface area contributed by atoms with Crippen LogP contribution in [0.25, 0.3) is 0 Å². The highest BCUT2D eigenvalue weighted by molar-refractivity contribution is 9.10. The van der Waals surface area contributed by atoms with E-state index in [4.69, 9.17) is 4.74 Å². The minimum absolute atomic E-state index is 0.0749. The molecule has 4 nitrogen and oxygen atoms in total. The van der Waals surface area contributed by atoms with Crippen LogP contribution in [0, 0.1) is 0 Å². The van der Waals surface area contributed by atoms with Crippen LogP contribution in [0.5, 0.6) is 5.88 Å². The number of carbonyl (C=O) groups is 1. The van der Waals surface area contributed by atoms with Gasteiger partial charge >= 0.3 is 0 Å². The molecule has 1 aromatic heterocycles. The molecule has 0 spiro atoms. The van der Waals surface area contributed by atoms with Crippen LogP contribution in [0.4, 0.5) is 0 Å². The summed E-state index contributed by atoms with van der Waals surface area (Å²) in [7, 11) is 0. The van der Waals surface area contributed by atoms with E-state index in [2.05, 4.69) is 33.2 Å². The highest BCUT2D eigenvalue weighted by atomic mass is 79.9. The molecule has 1 heterocycles. The van der Waals surface area contributed by atoms with Crippen molar-refractivity contribution in [3.8, 4) is 5.88 Å². The van der Waals surface area contributed by atoms with Gasteiger partial charge in [-0.3, -0.25) is 4.79 Å². The lowest BCUT2D eigenvalue weighted by Crippen LogP contribution is -2.34. The molecule has 1 aromatic carbocycles. The van der Waals surface area contributed by atoms with Crippen LogP contribution in [0.1, 0.15) is 37.3 Å². The minimum atomic E-state index is -0.379. The van der Waals surface area contributed by atoms with Crippen LogP contribution >= 0.6 is 15.9 Å². The van der Waals surface area contributed by atoms with Crippen molar-refractivity contribution >= 4 is 21.8 Å². The molecule has 0 aliphatic heterocycles. The number of aromatic nitrogens is 1. The maximum absolute atomic E-state index is 12.8. The highest BCUT2D eigenvalue weighted by Gasteiger charge is 2.51. The number of rotatable bonds is 7. The topological polar surface area (TPSA) is 51.2 Å². The van der Waals surface area contributed by atoms with Gasteiger partial charge in [0.15, 0.2) is 0 Å². The van der Waals surface area contributed by atoms with Crippen LogP contribution < -0.4 is 10.1 Å². The van der Waals surface area contributed by atoms with Crippen LogP contribution in [-0.4, -0.2) is 17.5 Å². The first kappa shape index (κ1) is 17.0. The van der Waals surface area contributed by atoms with Gasteiger partial charge in [0.05, 0.1) is 12.0 Å². The third-order valence-electron chi connectivity index (χ3n) is 4.29. The van der Waals surface area contributed by atoms with E-state index < -0.39 is 0 Å². The SMILES string of the molecule is CCCOc1ncccc1CNC(=O)C1(c2cccc(Br)c2)CC1. The summed E-state index contributed by atoms with van der Waals surface area (Å²) in [6, 6.07) is 11.8. The van der Waals surface area contributed by atoms with Crippen LogP contribution in [0.15, 0.2) is 47.1 Å². The Hall–Kier alpha value is -1.88. The molecular weight excluding hydrogens is 368 g/mol. The number of nitrogens with one attached hydrogen (secondary N) is 1. The lowest BCUT2D eigenvalue weighted by Gasteiger charge is -2.17. The third kappa shape index (κ3) is 3.61. The lowest BCUT2D eigenvalue weighted by atomic mass is 9.95. The van der Waals surface area contributed by atoms with Gasteiger partial charge in [0.25, 0.3) is 0 Å².